The summed E-state index contributed by atoms with van der Waals surface area (Å²) in [5.41, 5.74) is 0. The molecule has 0 N–H and O–H groups in total. The van der Waals surface area contributed by atoms with E-state index in [1.54, 1.807) is 6.92 Å². The van der Waals surface area contributed by atoms with Gasteiger partial charge in [-0.25, -0.2) is 0 Å². The van der Waals surface area contributed by atoms with E-state index < -0.39 is 0 Å². The van der Waals surface area contributed by atoms with Crippen molar-refractivity contribution in [2.45, 2.75) is 6.92 Å². The first-order chi connectivity index (χ1) is 2.41. The summed E-state index contributed by atoms with van der Waals surface area (Å²) in [7, 11) is 0. The quantitative estimate of drug-likeness (QED) is 0.429. The molecule has 0 aliphatic heterocycles. The Balaban J connectivity index is 0. The van der Waals surface area contributed by atoms with Crippen molar-refractivity contribution in [3.05, 3.63) is 6.92 Å². The number of rotatable bonds is 0. The van der Waals surface area contributed by atoms with Crippen molar-refractivity contribution in [2.75, 3.05) is 0 Å². The van der Waals surface area contributed by atoms with Crippen molar-refractivity contribution in [1.29, 1.82) is 0 Å². The van der Waals surface area contributed by atoms with Crippen LogP contribution in [-0.2, 0) is 0 Å². The van der Waals surface area contributed by atoms with Crippen LogP contribution in [0.25, 0.3) is 0 Å². The minimum atomic E-state index is 0.375. The molecule has 0 aliphatic carbocycles. The Hall–Kier alpha value is 1.49. The van der Waals surface area contributed by atoms with Crippen LogP contribution >= 0.6 is 28.1 Å². The van der Waals surface area contributed by atoms with Crippen molar-refractivity contribution in [3.63, 3.8) is 0 Å². The van der Waals surface area contributed by atoms with E-state index in [0.717, 1.165) is 0 Å². The topological polar surface area (TPSA) is 0 Å². The van der Waals surface area contributed by atoms with Gasteiger partial charge >= 0.3 is 39.7 Å². The molecule has 0 saturated carbocycles. The summed E-state index contributed by atoms with van der Waals surface area (Å²) in [5.74, 6) is 0. The predicted molar refractivity (Wildman–Crippen MR) is 34.6 cm³/mol. The normalized spacial score (nSPS) is 3.20. The van der Waals surface area contributed by atoms with Crippen LogP contribution in [0.4, 0.5) is 0 Å². The van der Waals surface area contributed by atoms with Crippen LogP contribution in [0.1, 0.15) is 6.92 Å². The molecule has 0 spiro atoms. The average molecular weight is 216 g/mol. The first-order valence-electron chi connectivity index (χ1n) is 1.14. The largest absolute Gasteiger partial charge is 0.346 e. The van der Waals surface area contributed by atoms with Gasteiger partial charge in [0.2, 0.25) is 0 Å². The third kappa shape index (κ3) is 30.1. The van der Waals surface area contributed by atoms with Gasteiger partial charge in [-0.3, -0.25) is 0 Å². The molecule has 0 amide bonds. The number of hydrogen-bond acceptors (Lipinski definition) is 0. The molecule has 0 unspecified atom stereocenters. The Morgan fingerprint density at radius 2 is 1.40 bits per heavy atom. The summed E-state index contributed by atoms with van der Waals surface area (Å²) in [5, 5.41) is 0. The zero-order chi connectivity index (χ0) is 4.71. The van der Waals surface area contributed by atoms with Crippen LogP contribution in [0.3, 0.4) is 0 Å². The van der Waals surface area contributed by atoms with E-state index in [1.807, 2.05) is 0 Å². The fraction of sp³-hybridized carbons (Fsp3) is 0.500. The van der Waals surface area contributed by atoms with Crippen LogP contribution < -0.4 is 0 Å². The maximum atomic E-state index is 3.25. The zero-order valence-corrected chi connectivity index (χ0v) is 7.37. The van der Waals surface area contributed by atoms with Gasteiger partial charge in [0.25, 0.3) is 0 Å². The fourth-order valence-electron chi connectivity index (χ4n) is 0. The Bertz CT molecular complexity index is 7.61. The molecule has 0 saturated heterocycles. The van der Waals surface area contributed by atoms with E-state index in [0.29, 0.717) is 11.6 Å². The van der Waals surface area contributed by atoms with Crippen LogP contribution in [0.5, 0.6) is 0 Å². The van der Waals surface area contributed by atoms with Gasteiger partial charge in [-0.1, -0.05) is 0 Å². The van der Waals surface area contributed by atoms with Crippen molar-refractivity contribution < 1.29 is 0 Å². The number of hydrogen-bond donors (Lipinski definition) is 0. The maximum absolute atomic E-state index is 3.25. The van der Waals surface area contributed by atoms with Gasteiger partial charge in [0.05, 0.1) is 0 Å². The molecule has 0 aromatic carbocycles. The predicted octanol–water partition coefficient (Wildman–Crippen LogP) is 2.15. The molecular weight excluding hydrogens is 211 g/mol. The Labute approximate surface area is 53.3 Å². The van der Waals surface area contributed by atoms with Gasteiger partial charge in [0.1, 0.15) is 0 Å². The van der Waals surface area contributed by atoms with Crippen LogP contribution in [0.15, 0.2) is 0 Å². The monoisotopic (exact) mass is 214 g/mol. The van der Waals surface area contributed by atoms with Crippen LogP contribution in [0, 0.1) is 6.92 Å². The molecule has 0 aromatic rings. The average Bonchev–Trinajstić information content (AvgIpc) is 1.46. The van der Waals surface area contributed by atoms with E-state index in [4.69, 9.17) is 0 Å². The third-order valence-electron chi connectivity index (χ3n) is 0. The van der Waals surface area contributed by atoms with E-state index in [9.17, 15) is 0 Å². The van der Waals surface area contributed by atoms with E-state index >= 15 is 0 Å². The molecule has 0 rings (SSSR count). The first-order valence-corrected chi connectivity index (χ1v) is 7.51. The minimum Gasteiger partial charge on any atom is -0.346 e. The minimum absolute atomic E-state index is 0.375. The van der Waals surface area contributed by atoms with Crippen LogP contribution in [0.2, 0.25) is 0 Å². The van der Waals surface area contributed by atoms with Gasteiger partial charge < -0.3 is 6.92 Å². The van der Waals surface area contributed by atoms with Gasteiger partial charge in [-0.2, -0.15) is 6.92 Å². The van der Waals surface area contributed by atoms with Crippen LogP contribution in [-0.4, -0.2) is 11.6 Å². The van der Waals surface area contributed by atoms with Gasteiger partial charge in [-0.05, 0) is 0 Å². The smallest absolute Gasteiger partial charge is 0.194 e. The van der Waals surface area contributed by atoms with E-state index in [1.165, 1.54) is 0 Å². The Kier molecular flexibility index (Phi) is 34.6. The van der Waals surface area contributed by atoms with E-state index in [-0.39, 0.29) is 0 Å². The van der Waals surface area contributed by atoms with Crippen molar-refractivity contribution in [2.24, 2.45) is 0 Å². The van der Waals surface area contributed by atoms with Gasteiger partial charge in [-0.15, -0.1) is 0 Å². The van der Waals surface area contributed by atoms with Gasteiger partial charge in [0.15, 0.2) is 0 Å². The molecule has 0 nitrogen and oxygen atoms in total. The summed E-state index contributed by atoms with van der Waals surface area (Å²) in [6.07, 6.45) is 0. The summed E-state index contributed by atoms with van der Waals surface area (Å²) in [6, 6.07) is 0. The molecular formula is C2H5AlBr2. The number of halogens is 2. The SMILES string of the molecule is [Br][Al+][Br].[CH2-]C. The molecule has 5 heavy (non-hydrogen) atoms. The first kappa shape index (κ1) is 9.70. The second-order valence-corrected chi connectivity index (χ2v) is 6.68. The molecule has 0 bridgehead atoms. The molecule has 0 fully saturated rings. The summed E-state index contributed by atoms with van der Waals surface area (Å²) in [6.45, 7) is 5.00. The molecule has 0 aliphatic rings. The van der Waals surface area contributed by atoms with Crippen molar-refractivity contribution >= 4 is 39.7 Å². The summed E-state index contributed by atoms with van der Waals surface area (Å²) in [4.78, 5) is 0. The van der Waals surface area contributed by atoms with Crippen molar-refractivity contribution in [3.8, 4) is 0 Å². The second kappa shape index (κ2) is 17.8. The fourth-order valence-corrected chi connectivity index (χ4v) is 0. The third-order valence-corrected chi connectivity index (χ3v) is 0. The molecule has 30 valence electrons. The van der Waals surface area contributed by atoms with E-state index in [2.05, 4.69) is 35.0 Å². The summed E-state index contributed by atoms with van der Waals surface area (Å²) < 4.78 is 0. The van der Waals surface area contributed by atoms with Gasteiger partial charge in [0, 0.05) is 0 Å². The molecule has 0 radical (unpaired) electrons. The standard InChI is InChI=1S/C2H5.Al.2BrH/c1-2;;;/h1H2,2H3;;2*1H/q-1;+3;;/p-2. The van der Waals surface area contributed by atoms with Crippen molar-refractivity contribution in [1.82, 2.24) is 0 Å². The molecule has 0 heterocycles. The molecule has 3 heteroatoms. The Morgan fingerprint density at radius 3 is 1.40 bits per heavy atom. The zero-order valence-electron chi connectivity index (χ0n) is 3.04. The maximum Gasteiger partial charge on any atom is -0.194 e. The Morgan fingerprint density at radius 1 is 1.40 bits per heavy atom. The summed E-state index contributed by atoms with van der Waals surface area (Å²) >= 11 is 6.67. The molecule has 0 atom stereocenters. The second-order valence-electron chi connectivity index (χ2n) is 0.0825. The molecule has 0 aromatic heterocycles.